The molecule has 0 radical (unpaired) electrons. The molecule has 0 unspecified atom stereocenters. The van der Waals surface area contributed by atoms with E-state index in [0.29, 0.717) is 22.1 Å². The standard InChI is InChI=1S/C30H22ClN3O/c31-23-18-16-21(17-19-23)26-20-27(22-10-4-1-5-11-22)34-29(32-24-12-6-2-7-13-24)28(26)30(35)33-25-14-8-3-9-15-25/h1-20H,(H,32,34)(H,33,35). The number of aromatic nitrogens is 1. The topological polar surface area (TPSA) is 54.0 Å². The Hall–Kier alpha value is -4.41. The minimum Gasteiger partial charge on any atom is -0.340 e. The Morgan fingerprint density at radius 3 is 1.86 bits per heavy atom. The number of benzene rings is 4. The van der Waals surface area contributed by atoms with E-state index in [2.05, 4.69) is 10.6 Å². The smallest absolute Gasteiger partial charge is 0.260 e. The molecule has 0 spiro atoms. The fraction of sp³-hybridized carbons (Fsp3) is 0. The van der Waals surface area contributed by atoms with Crippen molar-refractivity contribution < 1.29 is 4.79 Å². The summed E-state index contributed by atoms with van der Waals surface area (Å²) in [6, 6.07) is 38.4. The van der Waals surface area contributed by atoms with Gasteiger partial charge in [0.2, 0.25) is 0 Å². The second-order valence-corrected chi connectivity index (χ2v) is 8.40. The van der Waals surface area contributed by atoms with Crippen molar-refractivity contribution in [3.8, 4) is 22.4 Å². The molecular formula is C30H22ClN3O. The number of hydrogen-bond acceptors (Lipinski definition) is 3. The molecule has 0 atom stereocenters. The fourth-order valence-electron chi connectivity index (χ4n) is 3.85. The van der Waals surface area contributed by atoms with Crippen LogP contribution in [0.5, 0.6) is 0 Å². The highest BCUT2D eigenvalue weighted by Crippen LogP contribution is 2.35. The predicted octanol–water partition coefficient (Wildman–Crippen LogP) is 8.06. The molecule has 4 nitrogen and oxygen atoms in total. The van der Waals surface area contributed by atoms with Crippen molar-refractivity contribution in [2.75, 3.05) is 10.6 Å². The van der Waals surface area contributed by atoms with E-state index >= 15 is 0 Å². The highest BCUT2D eigenvalue weighted by atomic mass is 35.5. The Labute approximate surface area is 209 Å². The first-order chi connectivity index (χ1) is 17.2. The maximum Gasteiger partial charge on any atom is 0.260 e. The van der Waals surface area contributed by atoms with Gasteiger partial charge in [0.05, 0.1) is 11.3 Å². The number of nitrogens with zero attached hydrogens (tertiary/aromatic N) is 1. The highest BCUT2D eigenvalue weighted by molar-refractivity contribution is 6.30. The first-order valence-electron chi connectivity index (χ1n) is 11.2. The van der Waals surface area contributed by atoms with Gasteiger partial charge in [-0.15, -0.1) is 0 Å². The molecular weight excluding hydrogens is 454 g/mol. The number of nitrogens with one attached hydrogen (secondary N) is 2. The lowest BCUT2D eigenvalue weighted by Gasteiger charge is -2.18. The number of halogens is 1. The van der Waals surface area contributed by atoms with Crippen LogP contribution in [0.25, 0.3) is 22.4 Å². The minimum atomic E-state index is -0.258. The molecule has 1 heterocycles. The van der Waals surface area contributed by atoms with E-state index in [9.17, 15) is 4.79 Å². The molecule has 35 heavy (non-hydrogen) atoms. The van der Waals surface area contributed by atoms with Gasteiger partial charge in [-0.2, -0.15) is 0 Å². The lowest BCUT2D eigenvalue weighted by Crippen LogP contribution is -2.16. The van der Waals surface area contributed by atoms with Crippen LogP contribution in [0.1, 0.15) is 10.4 Å². The number of carbonyl (C=O) groups is 1. The van der Waals surface area contributed by atoms with Crippen LogP contribution in [-0.2, 0) is 0 Å². The van der Waals surface area contributed by atoms with Crippen molar-refractivity contribution in [1.82, 2.24) is 4.98 Å². The zero-order valence-corrected chi connectivity index (χ0v) is 19.5. The van der Waals surface area contributed by atoms with Gasteiger partial charge in [-0.05, 0) is 48.0 Å². The van der Waals surface area contributed by atoms with Gasteiger partial charge in [0.1, 0.15) is 5.82 Å². The fourth-order valence-corrected chi connectivity index (χ4v) is 3.98. The van der Waals surface area contributed by atoms with Gasteiger partial charge < -0.3 is 10.6 Å². The molecule has 0 saturated heterocycles. The molecule has 2 N–H and O–H groups in total. The van der Waals surface area contributed by atoms with Crippen molar-refractivity contribution in [1.29, 1.82) is 0 Å². The van der Waals surface area contributed by atoms with Crippen molar-refractivity contribution in [2.45, 2.75) is 0 Å². The summed E-state index contributed by atoms with van der Waals surface area (Å²) in [6.45, 7) is 0. The number of para-hydroxylation sites is 2. The summed E-state index contributed by atoms with van der Waals surface area (Å²) in [6.07, 6.45) is 0. The summed E-state index contributed by atoms with van der Waals surface area (Å²) in [4.78, 5) is 18.6. The number of carbonyl (C=O) groups excluding carboxylic acids is 1. The summed E-state index contributed by atoms with van der Waals surface area (Å²) in [5, 5.41) is 7.02. The lowest BCUT2D eigenvalue weighted by molar-refractivity contribution is 0.102. The van der Waals surface area contributed by atoms with E-state index in [4.69, 9.17) is 16.6 Å². The number of anilines is 3. The van der Waals surface area contributed by atoms with Gasteiger partial charge >= 0.3 is 0 Å². The summed E-state index contributed by atoms with van der Waals surface area (Å²) in [5.74, 6) is 0.211. The third-order valence-corrected chi connectivity index (χ3v) is 5.79. The quantitative estimate of drug-likeness (QED) is 0.261. The van der Waals surface area contributed by atoms with E-state index in [1.54, 1.807) is 0 Å². The first-order valence-corrected chi connectivity index (χ1v) is 11.6. The molecule has 5 rings (SSSR count). The second kappa shape index (κ2) is 10.2. The van der Waals surface area contributed by atoms with Gasteiger partial charge in [-0.3, -0.25) is 4.79 Å². The summed E-state index contributed by atoms with van der Waals surface area (Å²) < 4.78 is 0. The van der Waals surface area contributed by atoms with Crippen molar-refractivity contribution in [3.05, 3.63) is 132 Å². The van der Waals surface area contributed by atoms with Crippen molar-refractivity contribution in [3.63, 3.8) is 0 Å². The van der Waals surface area contributed by atoms with E-state index < -0.39 is 0 Å². The third kappa shape index (κ3) is 5.24. The lowest BCUT2D eigenvalue weighted by atomic mass is 9.97. The largest absolute Gasteiger partial charge is 0.340 e. The van der Waals surface area contributed by atoms with Crippen LogP contribution >= 0.6 is 11.6 Å². The zero-order chi connectivity index (χ0) is 24.0. The van der Waals surface area contributed by atoms with Gasteiger partial charge in [0.25, 0.3) is 5.91 Å². The Bertz CT molecular complexity index is 1440. The molecule has 5 heteroatoms. The van der Waals surface area contributed by atoms with Crippen LogP contribution < -0.4 is 10.6 Å². The van der Waals surface area contributed by atoms with Crippen LogP contribution in [0.3, 0.4) is 0 Å². The Morgan fingerprint density at radius 1 is 0.657 bits per heavy atom. The molecule has 1 aromatic heterocycles. The van der Waals surface area contributed by atoms with Gasteiger partial charge in [0.15, 0.2) is 0 Å². The number of amides is 1. The predicted molar refractivity (Wildman–Crippen MR) is 144 cm³/mol. The number of pyridine rings is 1. The minimum absolute atomic E-state index is 0.258. The number of rotatable bonds is 6. The summed E-state index contributed by atoms with van der Waals surface area (Å²) in [7, 11) is 0. The maximum absolute atomic E-state index is 13.7. The van der Waals surface area contributed by atoms with Crippen LogP contribution in [-0.4, -0.2) is 10.9 Å². The van der Waals surface area contributed by atoms with Crippen LogP contribution in [0.15, 0.2) is 121 Å². The van der Waals surface area contributed by atoms with Crippen molar-refractivity contribution in [2.24, 2.45) is 0 Å². The Morgan fingerprint density at radius 2 is 1.23 bits per heavy atom. The Balaban J connectivity index is 1.72. The molecule has 0 aliphatic carbocycles. The number of hydrogen-bond donors (Lipinski definition) is 2. The molecule has 0 fully saturated rings. The monoisotopic (exact) mass is 475 g/mol. The SMILES string of the molecule is O=C(Nc1ccccc1)c1c(-c2ccc(Cl)cc2)cc(-c2ccccc2)nc1Nc1ccccc1. The van der Waals surface area contributed by atoms with Gasteiger partial charge in [0, 0.05) is 27.5 Å². The summed E-state index contributed by atoms with van der Waals surface area (Å²) >= 11 is 6.17. The van der Waals surface area contributed by atoms with Gasteiger partial charge in [-0.25, -0.2) is 4.98 Å². The normalized spacial score (nSPS) is 10.5. The molecule has 1 amide bonds. The van der Waals surface area contributed by atoms with E-state index in [1.807, 2.05) is 121 Å². The molecule has 4 aromatic carbocycles. The van der Waals surface area contributed by atoms with Gasteiger partial charge in [-0.1, -0.05) is 90.5 Å². The summed E-state index contributed by atoms with van der Waals surface area (Å²) in [5.41, 5.74) is 5.31. The van der Waals surface area contributed by atoms with Crippen LogP contribution in [0.2, 0.25) is 5.02 Å². The third-order valence-electron chi connectivity index (χ3n) is 5.54. The molecule has 0 saturated carbocycles. The van der Waals surface area contributed by atoms with E-state index in [1.165, 1.54) is 0 Å². The van der Waals surface area contributed by atoms with Crippen molar-refractivity contribution >= 4 is 34.7 Å². The zero-order valence-electron chi connectivity index (χ0n) is 18.8. The molecule has 5 aromatic rings. The molecule has 0 aliphatic rings. The first kappa shape index (κ1) is 22.4. The molecule has 0 bridgehead atoms. The van der Waals surface area contributed by atoms with E-state index in [0.717, 1.165) is 28.1 Å². The average molecular weight is 476 g/mol. The molecule has 0 aliphatic heterocycles. The van der Waals surface area contributed by atoms with Crippen LogP contribution in [0.4, 0.5) is 17.2 Å². The second-order valence-electron chi connectivity index (χ2n) is 7.96. The molecule has 170 valence electrons. The van der Waals surface area contributed by atoms with E-state index in [-0.39, 0.29) is 5.91 Å². The highest BCUT2D eigenvalue weighted by Gasteiger charge is 2.22. The van der Waals surface area contributed by atoms with Crippen LogP contribution in [0, 0.1) is 0 Å². The maximum atomic E-state index is 13.7. The average Bonchev–Trinajstić information content (AvgIpc) is 2.90. The Kier molecular flexibility index (Phi) is 6.55.